The van der Waals surface area contributed by atoms with Crippen molar-refractivity contribution in [3.8, 4) is 0 Å². The van der Waals surface area contributed by atoms with E-state index in [-0.39, 0.29) is 24.3 Å². The fraction of sp³-hybridized carbons (Fsp3) is 0.564. The molecule has 1 rings (SSSR count). The number of carbonyl (C=O) groups excluding carboxylic acids is 1. The smallest absolute Gasteiger partial charge is 0.207 e. The number of nitrogens with two attached hydrogens (primary N) is 1. The summed E-state index contributed by atoms with van der Waals surface area (Å²) >= 11 is 0. The van der Waals surface area contributed by atoms with E-state index in [9.17, 15) is 4.79 Å². The third-order valence-corrected chi connectivity index (χ3v) is 8.52. The highest BCUT2D eigenvalue weighted by Crippen LogP contribution is 2.28. The highest BCUT2D eigenvalue weighted by molar-refractivity contribution is 6.31. The monoisotopic (exact) mass is 696 g/mol. The van der Waals surface area contributed by atoms with E-state index in [4.69, 9.17) is 25.0 Å². The zero-order valence-electron chi connectivity index (χ0n) is 31.5. The maximum absolute atomic E-state index is 16.1. The Bertz CT molecular complexity index is 1470. The molecule has 11 heteroatoms. The number of rotatable bonds is 25. The molecular weight excluding hydrogens is 635 g/mol. The van der Waals surface area contributed by atoms with Gasteiger partial charge >= 0.3 is 0 Å². The second-order valence-corrected chi connectivity index (χ2v) is 12.1. The van der Waals surface area contributed by atoms with Crippen LogP contribution < -0.4 is 21.7 Å². The second kappa shape index (κ2) is 25.9. The largest absolute Gasteiger partial charge is 0.481 e. The third kappa shape index (κ3) is 15.7. The first-order valence-electron chi connectivity index (χ1n) is 17.8. The number of hydrogen-bond donors (Lipinski definition) is 2. The van der Waals surface area contributed by atoms with Crippen molar-refractivity contribution >= 4 is 36.9 Å². The van der Waals surface area contributed by atoms with Gasteiger partial charge in [0.15, 0.2) is 5.90 Å². The Morgan fingerprint density at radius 1 is 1.04 bits per heavy atom. The van der Waals surface area contributed by atoms with E-state index in [1.165, 1.54) is 6.08 Å². The Balaban J connectivity index is 2.89. The minimum Gasteiger partial charge on any atom is -0.481 e. The van der Waals surface area contributed by atoms with Gasteiger partial charge in [-0.25, -0.2) is 9.38 Å². The zero-order valence-corrected chi connectivity index (χ0v) is 31.5. The quantitative estimate of drug-likeness (QED) is 0.0261. The zero-order chi connectivity index (χ0) is 37.3. The van der Waals surface area contributed by atoms with Crippen LogP contribution in [-0.2, 0) is 25.4 Å². The summed E-state index contributed by atoms with van der Waals surface area (Å²) in [5, 5.41) is 7.55. The maximum Gasteiger partial charge on any atom is 0.207 e. The molecule has 0 aliphatic rings. The lowest BCUT2D eigenvalue weighted by Gasteiger charge is -2.17. The lowest BCUT2D eigenvalue weighted by atomic mass is 9.91. The normalized spacial score (nSPS) is 14.9. The number of pyridine rings is 1. The van der Waals surface area contributed by atoms with Crippen molar-refractivity contribution in [2.45, 2.75) is 87.0 Å². The highest BCUT2D eigenvalue weighted by atomic mass is 19.1. The van der Waals surface area contributed by atoms with Crippen LogP contribution in [0, 0.1) is 25.7 Å². The number of hydrogen-bond acceptors (Lipinski definition) is 9. The molecule has 0 saturated heterocycles. The maximum atomic E-state index is 16.1. The van der Waals surface area contributed by atoms with Crippen LogP contribution in [0.2, 0.25) is 0 Å². The molecule has 2 unspecified atom stereocenters. The fourth-order valence-electron chi connectivity index (χ4n) is 4.96. The van der Waals surface area contributed by atoms with Crippen molar-refractivity contribution in [1.29, 1.82) is 0 Å². The first-order valence-corrected chi connectivity index (χ1v) is 17.8. The van der Waals surface area contributed by atoms with E-state index in [0.29, 0.717) is 74.0 Å². The third-order valence-electron chi connectivity index (χ3n) is 8.52. The molecule has 0 fully saturated rings. The second-order valence-electron chi connectivity index (χ2n) is 12.1. The molecule has 278 valence electrons. The van der Waals surface area contributed by atoms with E-state index in [1.54, 1.807) is 18.5 Å². The van der Waals surface area contributed by atoms with Gasteiger partial charge in [-0.2, -0.15) is 5.10 Å². The van der Waals surface area contributed by atoms with Crippen LogP contribution >= 0.6 is 0 Å². The molecule has 2 atom stereocenters. The molecule has 0 aliphatic carbocycles. The Hall–Kier alpha value is -3.96. The van der Waals surface area contributed by atoms with Gasteiger partial charge in [-0.1, -0.05) is 53.9 Å². The number of aliphatic imine (C=N–C) groups is 2. The first kappa shape index (κ1) is 44.1. The molecule has 1 amide bonds. The average Bonchev–Trinajstić information content (AvgIpc) is 3.11. The van der Waals surface area contributed by atoms with Gasteiger partial charge in [0.2, 0.25) is 6.41 Å². The van der Waals surface area contributed by atoms with Gasteiger partial charge < -0.3 is 25.4 Å². The number of ether oxygens (including phenoxy) is 3. The van der Waals surface area contributed by atoms with Crippen molar-refractivity contribution < 1.29 is 23.4 Å². The molecule has 0 bridgehead atoms. The Morgan fingerprint density at radius 2 is 1.76 bits per heavy atom. The summed E-state index contributed by atoms with van der Waals surface area (Å²) in [7, 11) is 0. The van der Waals surface area contributed by atoms with Gasteiger partial charge in [-0.3, -0.25) is 14.8 Å². The van der Waals surface area contributed by atoms with Gasteiger partial charge in [0.05, 0.1) is 38.4 Å². The molecule has 10 nitrogen and oxygen atoms in total. The van der Waals surface area contributed by atoms with E-state index in [2.05, 4.69) is 54.3 Å². The van der Waals surface area contributed by atoms with Crippen molar-refractivity contribution in [2.75, 3.05) is 46.1 Å². The summed E-state index contributed by atoms with van der Waals surface area (Å²) in [5.74, 6) is 5.73. The Labute approximate surface area is 299 Å². The minimum absolute atomic E-state index is 0.0744. The minimum atomic E-state index is -0.361. The van der Waals surface area contributed by atoms with Crippen molar-refractivity contribution in [2.24, 2.45) is 32.8 Å². The fourth-order valence-corrected chi connectivity index (χ4v) is 4.96. The summed E-state index contributed by atoms with van der Waals surface area (Å²) in [4.78, 5) is 24.0. The predicted octanol–water partition coefficient (Wildman–Crippen LogP) is 5.59. The molecule has 0 aromatic carbocycles. The Kier molecular flexibility index (Phi) is 22.9. The van der Waals surface area contributed by atoms with Gasteiger partial charge in [-0.05, 0) is 85.8 Å². The van der Waals surface area contributed by atoms with E-state index in [1.807, 2.05) is 27.7 Å². The number of allylic oxidation sites excluding steroid dienone is 4. The molecule has 1 aromatic rings. The molecule has 0 aliphatic heterocycles. The van der Waals surface area contributed by atoms with E-state index < -0.39 is 0 Å². The SMILES string of the molecule is C=CC(=C\N=C(OCCCCCN=C/C(COCCOCCNC=O)=N\N)C(C)CC)/C(=C(F)/C=c1/nc(C)c(C)c(CC)c1=C)C(C)CC. The molecule has 0 radical (unpaired) electrons. The van der Waals surface area contributed by atoms with Crippen molar-refractivity contribution in [3.05, 3.63) is 63.2 Å². The molecule has 0 spiro atoms. The van der Waals surface area contributed by atoms with Crippen LogP contribution in [0.25, 0.3) is 12.7 Å². The van der Waals surface area contributed by atoms with Crippen LogP contribution in [0.5, 0.6) is 0 Å². The molecule has 50 heavy (non-hydrogen) atoms. The van der Waals surface area contributed by atoms with E-state index >= 15 is 4.39 Å². The van der Waals surface area contributed by atoms with Crippen LogP contribution in [0.1, 0.15) is 83.5 Å². The highest BCUT2D eigenvalue weighted by Gasteiger charge is 2.17. The summed E-state index contributed by atoms with van der Waals surface area (Å²) in [6.45, 7) is 25.5. The standard InChI is InChI=1S/C39H61FN6O4/c1-10-28(5)38(36(40)23-37-31(8)35(13-4)30(7)32(9)45-37)33(12-3)24-44-39(29(6)11-2)50-19-16-14-15-17-42-25-34(46-41)26-49-22-21-48-20-18-43-27-47/h12,23-25,27-29H,3,8,10-11,13-22,26,41H2,1-2,4-7,9H3,(H,43,47)/b33-24+,37-23+,38-36-,42-25?,44-39?,46-34+. The topological polar surface area (TPSA) is 133 Å². The van der Waals surface area contributed by atoms with Crippen molar-refractivity contribution in [3.63, 3.8) is 0 Å². The number of aromatic nitrogens is 1. The molecule has 1 aromatic heterocycles. The van der Waals surface area contributed by atoms with E-state index in [0.717, 1.165) is 60.6 Å². The van der Waals surface area contributed by atoms with Crippen LogP contribution in [0.15, 0.2) is 50.9 Å². The van der Waals surface area contributed by atoms with Gasteiger partial charge in [0.1, 0.15) is 11.5 Å². The van der Waals surface area contributed by atoms with Gasteiger partial charge in [0.25, 0.3) is 0 Å². The van der Waals surface area contributed by atoms with Crippen LogP contribution in [0.4, 0.5) is 4.39 Å². The number of aryl methyl sites for hydroxylation is 1. The lowest BCUT2D eigenvalue weighted by molar-refractivity contribution is -0.109. The molecule has 0 saturated carbocycles. The lowest BCUT2D eigenvalue weighted by Crippen LogP contribution is -2.32. The Morgan fingerprint density at radius 3 is 2.40 bits per heavy atom. The number of hydrazone groups is 1. The number of unbranched alkanes of at least 4 members (excludes halogenated alkanes) is 2. The first-order chi connectivity index (χ1) is 24.1. The number of amides is 1. The van der Waals surface area contributed by atoms with Crippen molar-refractivity contribution in [1.82, 2.24) is 10.3 Å². The molecule has 1 heterocycles. The van der Waals surface area contributed by atoms with Crippen LogP contribution in [-0.4, -0.2) is 75.3 Å². The average molecular weight is 697 g/mol. The summed E-state index contributed by atoms with van der Waals surface area (Å²) in [6, 6.07) is 0. The van der Waals surface area contributed by atoms with Gasteiger partial charge in [0, 0.05) is 43.2 Å². The summed E-state index contributed by atoms with van der Waals surface area (Å²) in [6.07, 6.45) is 12.1. The van der Waals surface area contributed by atoms with Crippen LogP contribution in [0.3, 0.4) is 0 Å². The molecular formula is C39H61FN6O4. The number of nitrogens with one attached hydrogen (secondary N) is 1. The molecule has 3 N–H and O–H groups in total. The number of carbonyl (C=O) groups is 1. The number of halogens is 1. The predicted molar refractivity (Wildman–Crippen MR) is 206 cm³/mol. The van der Waals surface area contributed by atoms with Gasteiger partial charge in [-0.15, -0.1) is 0 Å². The number of nitrogens with zero attached hydrogens (tertiary/aromatic N) is 4. The summed E-state index contributed by atoms with van der Waals surface area (Å²) in [5.41, 5.74) is 4.78. The summed E-state index contributed by atoms with van der Waals surface area (Å²) < 4.78 is 33.1.